The predicted molar refractivity (Wildman–Crippen MR) is 113 cm³/mol. The average Bonchev–Trinajstić information content (AvgIpc) is 2.75. The Hall–Kier alpha value is -3.06. The quantitative estimate of drug-likeness (QED) is 0.757. The van der Waals surface area contributed by atoms with Crippen LogP contribution in [0.1, 0.15) is 29.8 Å². The highest BCUT2D eigenvalue weighted by Crippen LogP contribution is 2.25. The van der Waals surface area contributed by atoms with Crippen LogP contribution in [-0.4, -0.2) is 55.7 Å². The van der Waals surface area contributed by atoms with E-state index in [1.807, 2.05) is 43.0 Å². The molecule has 7 heteroatoms. The summed E-state index contributed by atoms with van der Waals surface area (Å²) in [7, 11) is 1.55. The van der Waals surface area contributed by atoms with Crippen molar-refractivity contribution in [3.63, 3.8) is 0 Å². The zero-order valence-electron chi connectivity index (χ0n) is 17.6. The van der Waals surface area contributed by atoms with Gasteiger partial charge in [0.05, 0.1) is 19.3 Å². The summed E-state index contributed by atoms with van der Waals surface area (Å²) in [6.45, 7) is 5.37. The third kappa shape index (κ3) is 5.73. The molecule has 0 aromatic heterocycles. The van der Waals surface area contributed by atoms with Gasteiger partial charge in [0.15, 0.2) is 18.1 Å². The van der Waals surface area contributed by atoms with Crippen LogP contribution in [0.2, 0.25) is 0 Å². The molecule has 1 heterocycles. The SMILES string of the molecule is COc1ccccc1OCC(=O)NCc1ccc(C(=O)N2CC(C)OC(C)C2)cc1. The van der Waals surface area contributed by atoms with E-state index in [2.05, 4.69) is 5.32 Å². The lowest BCUT2D eigenvalue weighted by Gasteiger charge is -2.35. The van der Waals surface area contributed by atoms with Crippen LogP contribution in [-0.2, 0) is 16.1 Å². The van der Waals surface area contributed by atoms with Gasteiger partial charge in [-0.3, -0.25) is 9.59 Å². The Morgan fingerprint density at radius 3 is 2.30 bits per heavy atom. The number of para-hydroxylation sites is 2. The van der Waals surface area contributed by atoms with Gasteiger partial charge in [-0.2, -0.15) is 0 Å². The Kier molecular flexibility index (Phi) is 7.30. The first-order chi connectivity index (χ1) is 14.5. The molecule has 1 saturated heterocycles. The summed E-state index contributed by atoms with van der Waals surface area (Å²) in [5.74, 6) is 0.856. The number of methoxy groups -OCH3 is 1. The normalized spacial score (nSPS) is 18.6. The van der Waals surface area contributed by atoms with Crippen LogP contribution in [0.25, 0.3) is 0 Å². The lowest BCUT2D eigenvalue weighted by molar-refractivity contribution is -0.123. The first-order valence-electron chi connectivity index (χ1n) is 10.0. The first kappa shape index (κ1) is 21.6. The minimum Gasteiger partial charge on any atom is -0.493 e. The summed E-state index contributed by atoms with van der Waals surface area (Å²) in [5, 5.41) is 2.81. The van der Waals surface area contributed by atoms with Gasteiger partial charge in [0.1, 0.15) is 0 Å². The molecule has 7 nitrogen and oxygen atoms in total. The van der Waals surface area contributed by atoms with Crippen molar-refractivity contribution in [3.8, 4) is 11.5 Å². The van der Waals surface area contributed by atoms with E-state index in [-0.39, 0.29) is 30.6 Å². The Morgan fingerprint density at radius 2 is 1.67 bits per heavy atom. The Bertz CT molecular complexity index is 858. The van der Waals surface area contributed by atoms with E-state index in [1.54, 1.807) is 31.4 Å². The summed E-state index contributed by atoms with van der Waals surface area (Å²) < 4.78 is 16.4. The minimum atomic E-state index is -0.239. The number of benzene rings is 2. The number of ether oxygens (including phenoxy) is 3. The zero-order valence-corrected chi connectivity index (χ0v) is 17.6. The Balaban J connectivity index is 1.48. The van der Waals surface area contributed by atoms with Gasteiger partial charge in [-0.25, -0.2) is 0 Å². The molecular weight excluding hydrogens is 384 g/mol. The summed E-state index contributed by atoms with van der Waals surface area (Å²) in [4.78, 5) is 26.6. The molecule has 2 aromatic carbocycles. The minimum absolute atomic E-state index is 0.00204. The topological polar surface area (TPSA) is 77.1 Å². The molecule has 0 saturated carbocycles. The van der Waals surface area contributed by atoms with Crippen molar-refractivity contribution in [2.75, 3.05) is 26.8 Å². The fourth-order valence-electron chi connectivity index (χ4n) is 3.42. The van der Waals surface area contributed by atoms with E-state index in [0.29, 0.717) is 36.7 Å². The first-order valence-corrected chi connectivity index (χ1v) is 10.0. The highest BCUT2D eigenvalue weighted by molar-refractivity contribution is 5.94. The molecule has 0 radical (unpaired) electrons. The number of rotatable bonds is 7. The van der Waals surface area contributed by atoms with Gasteiger partial charge in [-0.05, 0) is 43.7 Å². The molecule has 1 fully saturated rings. The van der Waals surface area contributed by atoms with Crippen molar-refractivity contribution in [3.05, 3.63) is 59.7 Å². The number of amides is 2. The largest absolute Gasteiger partial charge is 0.493 e. The monoisotopic (exact) mass is 412 g/mol. The zero-order chi connectivity index (χ0) is 21.5. The second-order valence-corrected chi connectivity index (χ2v) is 7.38. The number of hydrogen-bond donors (Lipinski definition) is 1. The second kappa shape index (κ2) is 10.1. The number of carbonyl (C=O) groups is 2. The van der Waals surface area contributed by atoms with Crippen LogP contribution >= 0.6 is 0 Å². The molecule has 30 heavy (non-hydrogen) atoms. The summed E-state index contributed by atoms with van der Waals surface area (Å²) >= 11 is 0. The number of hydrogen-bond acceptors (Lipinski definition) is 5. The number of carbonyl (C=O) groups excluding carboxylic acids is 2. The van der Waals surface area contributed by atoms with Crippen LogP contribution in [0, 0.1) is 0 Å². The molecule has 3 rings (SSSR count). The standard InChI is InChI=1S/C23H28N2O5/c1-16-13-25(14-17(2)30-16)23(27)19-10-8-18(9-11-19)12-24-22(26)15-29-21-7-5-4-6-20(21)28-3/h4-11,16-17H,12-15H2,1-3H3,(H,24,26). The van der Waals surface area contributed by atoms with Gasteiger partial charge in [-0.1, -0.05) is 24.3 Å². The van der Waals surface area contributed by atoms with Gasteiger partial charge in [0.25, 0.3) is 11.8 Å². The smallest absolute Gasteiger partial charge is 0.258 e. The Morgan fingerprint density at radius 1 is 1.03 bits per heavy atom. The van der Waals surface area contributed by atoms with E-state index in [1.165, 1.54) is 0 Å². The molecule has 160 valence electrons. The van der Waals surface area contributed by atoms with Gasteiger partial charge >= 0.3 is 0 Å². The summed E-state index contributed by atoms with van der Waals surface area (Å²) in [5.41, 5.74) is 1.53. The fourth-order valence-corrected chi connectivity index (χ4v) is 3.42. The molecule has 2 aromatic rings. The van der Waals surface area contributed by atoms with Crippen LogP contribution in [0.3, 0.4) is 0 Å². The van der Waals surface area contributed by atoms with Crippen LogP contribution in [0.15, 0.2) is 48.5 Å². The highest BCUT2D eigenvalue weighted by Gasteiger charge is 2.26. The highest BCUT2D eigenvalue weighted by atomic mass is 16.5. The van der Waals surface area contributed by atoms with E-state index in [9.17, 15) is 9.59 Å². The summed E-state index contributed by atoms with van der Waals surface area (Å²) in [6.07, 6.45) is 0.0653. The second-order valence-electron chi connectivity index (χ2n) is 7.38. The molecule has 0 aliphatic carbocycles. The van der Waals surface area contributed by atoms with Gasteiger partial charge < -0.3 is 24.4 Å². The van der Waals surface area contributed by atoms with Gasteiger partial charge in [0, 0.05) is 25.2 Å². The molecule has 2 unspecified atom stereocenters. The van der Waals surface area contributed by atoms with Crippen molar-refractivity contribution in [1.29, 1.82) is 0 Å². The lowest BCUT2D eigenvalue weighted by atomic mass is 10.1. The molecule has 1 aliphatic rings. The molecule has 0 bridgehead atoms. The van der Waals surface area contributed by atoms with Crippen molar-refractivity contribution in [2.45, 2.75) is 32.6 Å². The maximum Gasteiger partial charge on any atom is 0.258 e. The van der Waals surface area contributed by atoms with E-state index in [0.717, 1.165) is 5.56 Å². The van der Waals surface area contributed by atoms with Crippen LogP contribution < -0.4 is 14.8 Å². The fraction of sp³-hybridized carbons (Fsp3) is 0.391. The maximum atomic E-state index is 12.7. The van der Waals surface area contributed by atoms with Crippen LogP contribution in [0.5, 0.6) is 11.5 Å². The number of nitrogens with zero attached hydrogens (tertiary/aromatic N) is 1. The third-order valence-corrected chi connectivity index (χ3v) is 4.83. The van der Waals surface area contributed by atoms with Crippen molar-refractivity contribution < 1.29 is 23.8 Å². The number of morpholine rings is 1. The molecule has 2 atom stereocenters. The number of nitrogens with one attached hydrogen (secondary N) is 1. The molecular formula is C23H28N2O5. The maximum absolute atomic E-state index is 12.7. The van der Waals surface area contributed by atoms with Gasteiger partial charge in [-0.15, -0.1) is 0 Å². The molecule has 1 aliphatic heterocycles. The molecule has 0 spiro atoms. The van der Waals surface area contributed by atoms with E-state index < -0.39 is 0 Å². The molecule has 1 N–H and O–H groups in total. The van der Waals surface area contributed by atoms with E-state index in [4.69, 9.17) is 14.2 Å². The molecule has 2 amide bonds. The predicted octanol–water partition coefficient (Wildman–Crippen LogP) is 2.64. The van der Waals surface area contributed by atoms with E-state index >= 15 is 0 Å². The van der Waals surface area contributed by atoms with Crippen molar-refractivity contribution in [2.24, 2.45) is 0 Å². The Labute approximate surface area is 176 Å². The van der Waals surface area contributed by atoms with Crippen LogP contribution in [0.4, 0.5) is 0 Å². The van der Waals surface area contributed by atoms with Crippen molar-refractivity contribution >= 4 is 11.8 Å². The van der Waals surface area contributed by atoms with Gasteiger partial charge in [0.2, 0.25) is 0 Å². The lowest BCUT2D eigenvalue weighted by Crippen LogP contribution is -2.48. The average molecular weight is 412 g/mol. The summed E-state index contributed by atoms with van der Waals surface area (Å²) in [6, 6.07) is 14.5. The van der Waals surface area contributed by atoms with Crippen molar-refractivity contribution in [1.82, 2.24) is 10.2 Å². The third-order valence-electron chi connectivity index (χ3n) is 4.83.